The van der Waals surface area contributed by atoms with Crippen molar-refractivity contribution in [2.24, 2.45) is 0 Å². The summed E-state index contributed by atoms with van der Waals surface area (Å²) in [4.78, 5) is 8.53. The molecule has 0 bridgehead atoms. The number of benzene rings is 2. The second-order valence-electron chi connectivity index (χ2n) is 4.11. The molecule has 1 heterocycles. The topological polar surface area (TPSA) is 25.8 Å². The maximum atomic E-state index is 13.1. The third-order valence-electron chi connectivity index (χ3n) is 2.77. The summed E-state index contributed by atoms with van der Waals surface area (Å²) in [7, 11) is 0. The summed E-state index contributed by atoms with van der Waals surface area (Å²) in [6, 6.07) is 14.5. The van der Waals surface area contributed by atoms with Gasteiger partial charge >= 0.3 is 0 Å². The average molecular weight is 270 g/mol. The van der Waals surface area contributed by atoms with Gasteiger partial charge in [-0.2, -0.15) is 0 Å². The van der Waals surface area contributed by atoms with Crippen molar-refractivity contribution in [2.75, 3.05) is 0 Å². The number of thioether (sulfide) groups is 1. The second-order valence-corrected chi connectivity index (χ2v) is 5.08. The number of hydrogen-bond acceptors (Lipinski definition) is 3. The zero-order chi connectivity index (χ0) is 13.1. The Morgan fingerprint density at radius 3 is 2.79 bits per heavy atom. The van der Waals surface area contributed by atoms with E-state index in [1.807, 2.05) is 30.3 Å². The van der Waals surface area contributed by atoms with Crippen molar-refractivity contribution in [2.45, 2.75) is 10.8 Å². The quantitative estimate of drug-likeness (QED) is 0.530. The fourth-order valence-electron chi connectivity index (χ4n) is 1.87. The number of aromatic nitrogens is 2. The van der Waals surface area contributed by atoms with Crippen LogP contribution in [0.3, 0.4) is 0 Å². The van der Waals surface area contributed by atoms with Crippen molar-refractivity contribution in [3.05, 3.63) is 66.2 Å². The van der Waals surface area contributed by atoms with Gasteiger partial charge in [-0.1, -0.05) is 30.3 Å². The lowest BCUT2D eigenvalue weighted by atomic mass is 10.2. The Bertz CT molecular complexity index is 710. The first-order chi connectivity index (χ1) is 9.33. The molecule has 0 aliphatic rings. The molecule has 2 aromatic carbocycles. The monoisotopic (exact) mass is 270 g/mol. The predicted molar refractivity (Wildman–Crippen MR) is 75.5 cm³/mol. The van der Waals surface area contributed by atoms with Crippen LogP contribution in [-0.2, 0) is 5.75 Å². The van der Waals surface area contributed by atoms with Crippen LogP contribution in [0.1, 0.15) is 5.56 Å². The Balaban J connectivity index is 1.86. The molecule has 3 aromatic rings. The van der Waals surface area contributed by atoms with E-state index in [1.165, 1.54) is 6.07 Å². The minimum Gasteiger partial charge on any atom is -0.236 e. The predicted octanol–water partition coefficient (Wildman–Crippen LogP) is 4.06. The molecule has 0 radical (unpaired) electrons. The smallest absolute Gasteiger partial charge is 0.123 e. The van der Waals surface area contributed by atoms with Gasteiger partial charge in [0.05, 0.1) is 5.52 Å². The molecule has 0 spiro atoms. The molecule has 19 heavy (non-hydrogen) atoms. The van der Waals surface area contributed by atoms with E-state index >= 15 is 0 Å². The lowest BCUT2D eigenvalue weighted by Crippen LogP contribution is -1.88. The molecule has 0 fully saturated rings. The molecule has 0 unspecified atom stereocenters. The van der Waals surface area contributed by atoms with Crippen LogP contribution in [0.4, 0.5) is 4.39 Å². The van der Waals surface area contributed by atoms with Crippen LogP contribution >= 0.6 is 11.8 Å². The normalized spacial score (nSPS) is 10.8. The van der Waals surface area contributed by atoms with Crippen LogP contribution in [0, 0.1) is 5.82 Å². The van der Waals surface area contributed by atoms with Crippen molar-refractivity contribution in [3.8, 4) is 0 Å². The van der Waals surface area contributed by atoms with Gasteiger partial charge < -0.3 is 0 Å². The minimum atomic E-state index is -0.203. The van der Waals surface area contributed by atoms with E-state index in [9.17, 15) is 4.39 Å². The summed E-state index contributed by atoms with van der Waals surface area (Å²) < 4.78 is 13.1. The highest BCUT2D eigenvalue weighted by atomic mass is 32.2. The van der Waals surface area contributed by atoms with Crippen molar-refractivity contribution in [3.63, 3.8) is 0 Å². The SMILES string of the molecule is Fc1cccc(CSc2ncnc3ccccc23)c1. The van der Waals surface area contributed by atoms with Gasteiger partial charge in [-0.15, -0.1) is 11.8 Å². The largest absolute Gasteiger partial charge is 0.236 e. The molecule has 3 rings (SSSR count). The first-order valence-electron chi connectivity index (χ1n) is 5.90. The van der Waals surface area contributed by atoms with Gasteiger partial charge in [0.15, 0.2) is 0 Å². The second kappa shape index (κ2) is 5.36. The van der Waals surface area contributed by atoms with Gasteiger partial charge in [0.2, 0.25) is 0 Å². The maximum Gasteiger partial charge on any atom is 0.123 e. The summed E-state index contributed by atoms with van der Waals surface area (Å²) in [5.74, 6) is 0.490. The van der Waals surface area contributed by atoms with Gasteiger partial charge in [0, 0.05) is 11.1 Å². The molecule has 94 valence electrons. The first kappa shape index (κ1) is 12.1. The van der Waals surface area contributed by atoms with Crippen LogP contribution < -0.4 is 0 Å². The first-order valence-corrected chi connectivity index (χ1v) is 6.88. The van der Waals surface area contributed by atoms with Gasteiger partial charge in [-0.25, -0.2) is 14.4 Å². The van der Waals surface area contributed by atoms with Crippen molar-refractivity contribution in [1.29, 1.82) is 0 Å². The summed E-state index contributed by atoms with van der Waals surface area (Å²) in [5, 5.41) is 1.96. The van der Waals surface area contributed by atoms with E-state index in [2.05, 4.69) is 9.97 Å². The molecule has 0 saturated heterocycles. The van der Waals surface area contributed by atoms with E-state index in [4.69, 9.17) is 0 Å². The Morgan fingerprint density at radius 2 is 1.89 bits per heavy atom. The maximum absolute atomic E-state index is 13.1. The Kier molecular flexibility index (Phi) is 3.42. The molecular formula is C15H11FN2S. The van der Waals surface area contributed by atoms with Gasteiger partial charge in [-0.3, -0.25) is 0 Å². The van der Waals surface area contributed by atoms with Crippen molar-refractivity contribution < 1.29 is 4.39 Å². The highest BCUT2D eigenvalue weighted by Gasteiger charge is 2.04. The Morgan fingerprint density at radius 1 is 1.00 bits per heavy atom. The van der Waals surface area contributed by atoms with E-state index in [-0.39, 0.29) is 5.82 Å². The molecule has 0 atom stereocenters. The number of para-hydroxylation sites is 1. The fraction of sp³-hybridized carbons (Fsp3) is 0.0667. The highest BCUT2D eigenvalue weighted by Crippen LogP contribution is 2.27. The van der Waals surface area contributed by atoms with Crippen LogP contribution in [0.15, 0.2) is 59.9 Å². The van der Waals surface area contributed by atoms with Gasteiger partial charge in [0.1, 0.15) is 17.2 Å². The molecule has 4 heteroatoms. The standard InChI is InChI=1S/C15H11FN2S/c16-12-5-3-4-11(8-12)9-19-15-13-6-1-2-7-14(13)17-10-18-15/h1-8,10H,9H2. The van der Waals surface area contributed by atoms with Gasteiger partial charge in [-0.05, 0) is 23.8 Å². The molecule has 0 amide bonds. The van der Waals surface area contributed by atoms with Crippen LogP contribution in [0.25, 0.3) is 10.9 Å². The minimum absolute atomic E-state index is 0.203. The average Bonchev–Trinajstić information content (AvgIpc) is 2.45. The van der Waals surface area contributed by atoms with E-state index in [0.717, 1.165) is 21.5 Å². The highest BCUT2D eigenvalue weighted by molar-refractivity contribution is 7.98. The van der Waals surface area contributed by atoms with Crippen molar-refractivity contribution >= 4 is 22.7 Å². The number of hydrogen-bond donors (Lipinski definition) is 0. The Hall–Kier alpha value is -1.94. The zero-order valence-electron chi connectivity index (χ0n) is 10.1. The van der Waals surface area contributed by atoms with Crippen LogP contribution in [-0.4, -0.2) is 9.97 Å². The summed E-state index contributed by atoms with van der Waals surface area (Å²) in [6.45, 7) is 0. The third-order valence-corrected chi connectivity index (χ3v) is 3.85. The molecular weight excluding hydrogens is 259 g/mol. The Labute approximate surface area is 114 Å². The molecule has 0 aliphatic carbocycles. The molecule has 0 N–H and O–H groups in total. The lowest BCUT2D eigenvalue weighted by Gasteiger charge is -2.04. The zero-order valence-corrected chi connectivity index (χ0v) is 10.9. The summed E-state index contributed by atoms with van der Waals surface area (Å²) in [5.41, 5.74) is 1.88. The number of rotatable bonds is 3. The lowest BCUT2D eigenvalue weighted by molar-refractivity contribution is 0.626. The summed E-state index contributed by atoms with van der Waals surface area (Å²) in [6.07, 6.45) is 1.57. The fourth-order valence-corrected chi connectivity index (χ4v) is 2.81. The number of halogens is 1. The van der Waals surface area contributed by atoms with E-state index < -0.39 is 0 Å². The molecule has 0 aliphatic heterocycles. The van der Waals surface area contributed by atoms with Crippen LogP contribution in [0.2, 0.25) is 0 Å². The van der Waals surface area contributed by atoms with Crippen molar-refractivity contribution in [1.82, 2.24) is 9.97 Å². The van der Waals surface area contributed by atoms with Crippen LogP contribution in [0.5, 0.6) is 0 Å². The van der Waals surface area contributed by atoms with E-state index in [1.54, 1.807) is 30.2 Å². The number of nitrogens with zero attached hydrogens (tertiary/aromatic N) is 2. The molecule has 2 nitrogen and oxygen atoms in total. The molecule has 1 aromatic heterocycles. The molecule has 0 saturated carbocycles. The summed E-state index contributed by atoms with van der Waals surface area (Å²) >= 11 is 1.59. The number of fused-ring (bicyclic) bond motifs is 1. The third kappa shape index (κ3) is 2.74. The van der Waals surface area contributed by atoms with Gasteiger partial charge in [0.25, 0.3) is 0 Å². The van der Waals surface area contributed by atoms with E-state index in [0.29, 0.717) is 5.75 Å².